The van der Waals surface area contributed by atoms with Crippen LogP contribution in [0.2, 0.25) is 10.0 Å². The smallest absolute Gasteiger partial charge is 0.435 e. The quantitative estimate of drug-likeness (QED) is 0.577. The van der Waals surface area contributed by atoms with Gasteiger partial charge in [0.1, 0.15) is 24.9 Å². The number of ether oxygens (including phenoxy) is 3. The maximum absolute atomic E-state index is 14.5. The van der Waals surface area contributed by atoms with Gasteiger partial charge in [0, 0.05) is 10.0 Å². The van der Waals surface area contributed by atoms with Crippen molar-refractivity contribution in [1.29, 1.82) is 0 Å². The van der Waals surface area contributed by atoms with E-state index in [1.807, 2.05) is 12.1 Å². The molecular formula is C22H22Cl2F2O6. The zero-order chi connectivity index (χ0) is 23.5. The lowest BCUT2D eigenvalue weighted by molar-refractivity contribution is -0.296. The van der Waals surface area contributed by atoms with Gasteiger partial charge in [-0.05, 0) is 48.2 Å². The number of rotatable bonds is 6. The van der Waals surface area contributed by atoms with Crippen molar-refractivity contribution in [2.75, 3.05) is 13.2 Å². The molecule has 3 rings (SSSR count). The van der Waals surface area contributed by atoms with Crippen molar-refractivity contribution in [3.8, 4) is 0 Å². The van der Waals surface area contributed by atoms with Crippen molar-refractivity contribution in [3.05, 3.63) is 69.2 Å². The molecule has 0 aromatic heterocycles. The Balaban J connectivity index is 1.83. The molecule has 174 valence electrons. The average Bonchev–Trinajstić information content (AvgIpc) is 2.75. The summed E-state index contributed by atoms with van der Waals surface area (Å²) in [6.45, 7) is 0.675. The molecule has 1 heterocycles. The van der Waals surface area contributed by atoms with Crippen molar-refractivity contribution < 1.29 is 38.0 Å². The number of alkyl halides is 2. The number of benzene rings is 2. The number of halogens is 4. The van der Waals surface area contributed by atoms with E-state index in [0.717, 1.165) is 5.56 Å². The number of hydrogen-bond donors (Lipinski definition) is 2. The molecule has 0 spiro atoms. The van der Waals surface area contributed by atoms with Crippen LogP contribution in [0.1, 0.15) is 29.7 Å². The van der Waals surface area contributed by atoms with Gasteiger partial charge in [0.05, 0.1) is 6.61 Å². The highest BCUT2D eigenvalue weighted by Gasteiger charge is 2.58. The topological polar surface area (TPSA) is 85.2 Å². The minimum absolute atomic E-state index is 0.00584. The van der Waals surface area contributed by atoms with Crippen LogP contribution in [0.5, 0.6) is 0 Å². The monoisotopic (exact) mass is 490 g/mol. The van der Waals surface area contributed by atoms with E-state index in [0.29, 0.717) is 27.6 Å². The third-order valence-corrected chi connectivity index (χ3v) is 5.71. The summed E-state index contributed by atoms with van der Waals surface area (Å²) in [5.74, 6) is -3.86. The van der Waals surface area contributed by atoms with Crippen LogP contribution >= 0.6 is 23.2 Å². The van der Waals surface area contributed by atoms with Gasteiger partial charge in [0.2, 0.25) is 0 Å². The van der Waals surface area contributed by atoms with E-state index in [2.05, 4.69) is 9.47 Å². The molecule has 0 saturated carbocycles. The van der Waals surface area contributed by atoms with Crippen LogP contribution in [-0.2, 0) is 20.6 Å². The minimum atomic E-state index is -3.86. The lowest BCUT2D eigenvalue weighted by Crippen LogP contribution is -2.60. The fraction of sp³-hybridized carbons (Fsp3) is 0.409. The lowest BCUT2D eigenvalue weighted by atomic mass is 9.89. The van der Waals surface area contributed by atoms with Crippen molar-refractivity contribution in [1.82, 2.24) is 0 Å². The first-order valence-electron chi connectivity index (χ1n) is 9.85. The Morgan fingerprint density at radius 3 is 2.47 bits per heavy atom. The van der Waals surface area contributed by atoms with E-state index < -0.39 is 43.1 Å². The Labute approximate surface area is 193 Å². The van der Waals surface area contributed by atoms with Gasteiger partial charge >= 0.3 is 12.1 Å². The number of carbonyl (C=O) groups is 1. The van der Waals surface area contributed by atoms with Gasteiger partial charge in [-0.1, -0.05) is 47.5 Å². The van der Waals surface area contributed by atoms with E-state index >= 15 is 0 Å². The van der Waals surface area contributed by atoms with E-state index in [1.165, 1.54) is 13.0 Å². The van der Waals surface area contributed by atoms with Crippen LogP contribution in [0.4, 0.5) is 13.6 Å². The van der Waals surface area contributed by atoms with Gasteiger partial charge < -0.3 is 24.4 Å². The molecule has 4 atom stereocenters. The van der Waals surface area contributed by atoms with Gasteiger partial charge in [-0.15, -0.1) is 0 Å². The Morgan fingerprint density at radius 1 is 1.12 bits per heavy atom. The maximum Gasteiger partial charge on any atom is 0.508 e. The molecule has 1 aliphatic heterocycles. The lowest BCUT2D eigenvalue weighted by Gasteiger charge is -2.42. The number of aliphatic hydroxyl groups is 2. The van der Waals surface area contributed by atoms with Crippen LogP contribution in [0.25, 0.3) is 0 Å². The van der Waals surface area contributed by atoms with Crippen molar-refractivity contribution in [2.24, 2.45) is 0 Å². The molecule has 0 radical (unpaired) electrons. The molecule has 1 saturated heterocycles. The minimum Gasteiger partial charge on any atom is -0.435 e. The molecule has 32 heavy (non-hydrogen) atoms. The van der Waals surface area contributed by atoms with E-state index in [4.69, 9.17) is 27.9 Å². The zero-order valence-corrected chi connectivity index (χ0v) is 18.5. The molecule has 1 aliphatic rings. The second-order valence-electron chi connectivity index (χ2n) is 7.30. The molecule has 4 unspecified atom stereocenters. The average molecular weight is 491 g/mol. The number of carbonyl (C=O) groups excluding carboxylic acids is 1. The highest BCUT2D eigenvalue weighted by molar-refractivity contribution is 6.31. The first-order chi connectivity index (χ1) is 15.1. The van der Waals surface area contributed by atoms with Gasteiger partial charge in [-0.2, -0.15) is 0 Å². The molecule has 10 heteroatoms. The second kappa shape index (κ2) is 10.3. The fourth-order valence-electron chi connectivity index (χ4n) is 3.39. The Kier molecular flexibility index (Phi) is 7.95. The largest absolute Gasteiger partial charge is 0.508 e. The summed E-state index contributed by atoms with van der Waals surface area (Å²) in [5, 5.41) is 21.4. The Bertz CT molecular complexity index is 941. The highest BCUT2D eigenvalue weighted by atomic mass is 35.5. The molecule has 2 N–H and O–H groups in total. The first kappa shape index (κ1) is 24.7. The predicted molar refractivity (Wildman–Crippen MR) is 113 cm³/mol. The van der Waals surface area contributed by atoms with Gasteiger partial charge in [0.25, 0.3) is 0 Å². The normalized spacial score (nSPS) is 24.7. The van der Waals surface area contributed by atoms with Crippen LogP contribution < -0.4 is 0 Å². The third-order valence-electron chi connectivity index (χ3n) is 5.09. The zero-order valence-electron chi connectivity index (χ0n) is 17.0. The van der Waals surface area contributed by atoms with Crippen molar-refractivity contribution in [2.45, 2.75) is 43.7 Å². The summed E-state index contributed by atoms with van der Waals surface area (Å²) in [6, 6.07) is 11.8. The maximum atomic E-state index is 14.5. The molecule has 1 fully saturated rings. The summed E-state index contributed by atoms with van der Waals surface area (Å²) >= 11 is 12.2. The second-order valence-corrected chi connectivity index (χ2v) is 8.15. The van der Waals surface area contributed by atoms with Gasteiger partial charge in [-0.25, -0.2) is 13.6 Å². The van der Waals surface area contributed by atoms with Gasteiger partial charge in [0.15, 0.2) is 6.10 Å². The molecule has 0 aliphatic carbocycles. The fourth-order valence-corrected chi connectivity index (χ4v) is 3.70. The summed E-state index contributed by atoms with van der Waals surface area (Å²) in [7, 11) is 0. The van der Waals surface area contributed by atoms with E-state index in [-0.39, 0.29) is 6.61 Å². The Morgan fingerprint density at radius 2 is 1.81 bits per heavy atom. The summed E-state index contributed by atoms with van der Waals surface area (Å²) in [6.07, 6.45) is -8.38. The molecule has 6 nitrogen and oxygen atoms in total. The number of aliphatic hydroxyl groups excluding tert-OH is 2. The number of hydrogen-bond acceptors (Lipinski definition) is 6. The van der Waals surface area contributed by atoms with Gasteiger partial charge in [-0.3, -0.25) is 0 Å². The standard InChI is InChI=1S/C22H22Cl2F2O6/c1-2-30-21(29)31-11-17-22(25,26)20(28)18(27)19(32-17)13-5-8-16(24)14(10-13)9-12-3-6-15(23)7-4-12/h3-8,10,17-20,27-28H,2,9,11H2,1H3. The van der Waals surface area contributed by atoms with Crippen LogP contribution in [0.3, 0.4) is 0 Å². The van der Waals surface area contributed by atoms with Crippen molar-refractivity contribution in [3.63, 3.8) is 0 Å². The SMILES string of the molecule is CCOC(=O)OCC1OC(c2ccc(Cl)c(Cc3ccc(Cl)cc3)c2)C(O)C(O)C1(F)F. The molecule has 0 bridgehead atoms. The Hall–Kier alpha value is -1.97. The van der Waals surface area contributed by atoms with Crippen LogP contribution in [0, 0.1) is 0 Å². The molecule has 2 aromatic carbocycles. The molecular weight excluding hydrogens is 469 g/mol. The first-order valence-corrected chi connectivity index (χ1v) is 10.6. The van der Waals surface area contributed by atoms with E-state index in [1.54, 1.807) is 24.3 Å². The van der Waals surface area contributed by atoms with Crippen LogP contribution in [-0.4, -0.2) is 53.8 Å². The predicted octanol–water partition coefficient (Wildman–Crippen LogP) is 4.55. The van der Waals surface area contributed by atoms with E-state index in [9.17, 15) is 23.8 Å². The summed E-state index contributed by atoms with van der Waals surface area (Å²) in [4.78, 5) is 11.4. The summed E-state index contributed by atoms with van der Waals surface area (Å²) < 4.78 is 43.6. The summed E-state index contributed by atoms with van der Waals surface area (Å²) in [5.41, 5.74) is 1.90. The highest BCUT2D eigenvalue weighted by Crippen LogP contribution is 2.41. The molecule has 0 amide bonds. The van der Waals surface area contributed by atoms with Crippen molar-refractivity contribution >= 4 is 29.4 Å². The molecule has 2 aromatic rings. The third kappa shape index (κ3) is 5.50. The van der Waals surface area contributed by atoms with Crippen LogP contribution in [0.15, 0.2) is 42.5 Å².